The Bertz CT molecular complexity index is 1170. The molecule has 0 unspecified atom stereocenters. The van der Waals surface area contributed by atoms with Gasteiger partial charge in [0.1, 0.15) is 12.3 Å². The van der Waals surface area contributed by atoms with Gasteiger partial charge < -0.3 is 10.1 Å². The minimum atomic E-state index is -1.05. The van der Waals surface area contributed by atoms with E-state index in [1.807, 2.05) is 30.3 Å². The Hall–Kier alpha value is -4.20. The molecule has 0 aromatic heterocycles. The van der Waals surface area contributed by atoms with Crippen LogP contribution in [0.5, 0.6) is 5.75 Å². The van der Waals surface area contributed by atoms with Crippen molar-refractivity contribution in [3.8, 4) is 5.75 Å². The Kier molecular flexibility index (Phi) is 4.89. The maximum atomic E-state index is 12.7. The topological polar surface area (TPSA) is 96.0 Å². The van der Waals surface area contributed by atoms with Gasteiger partial charge >= 0.3 is 17.8 Å². The van der Waals surface area contributed by atoms with Gasteiger partial charge in [0, 0.05) is 11.1 Å². The van der Waals surface area contributed by atoms with Crippen molar-refractivity contribution in [1.29, 1.82) is 0 Å². The summed E-state index contributed by atoms with van der Waals surface area (Å²) in [6.45, 7) is -0.570. The molecule has 8 heteroatoms. The second-order valence-electron chi connectivity index (χ2n) is 6.59. The van der Waals surface area contributed by atoms with Gasteiger partial charge in [-0.05, 0) is 35.7 Å². The molecule has 3 aromatic carbocycles. The lowest BCUT2D eigenvalue weighted by atomic mass is 10.1. The summed E-state index contributed by atoms with van der Waals surface area (Å²) in [5.74, 6) is -2.11. The molecule has 30 heavy (non-hydrogen) atoms. The van der Waals surface area contributed by atoms with E-state index in [-0.39, 0.29) is 5.69 Å². The van der Waals surface area contributed by atoms with Crippen LogP contribution in [0.4, 0.5) is 16.2 Å². The van der Waals surface area contributed by atoms with Gasteiger partial charge in [0.25, 0.3) is 0 Å². The highest BCUT2D eigenvalue weighted by molar-refractivity contribution is 6.53. The van der Waals surface area contributed by atoms with Crippen LogP contribution >= 0.6 is 0 Å². The minimum absolute atomic E-state index is 0.219. The summed E-state index contributed by atoms with van der Waals surface area (Å²) >= 11 is 0. The van der Waals surface area contributed by atoms with Gasteiger partial charge in [-0.25, -0.2) is 14.6 Å². The molecule has 0 aliphatic carbocycles. The van der Waals surface area contributed by atoms with Crippen LogP contribution in [0.2, 0.25) is 0 Å². The van der Waals surface area contributed by atoms with Crippen LogP contribution in [0.15, 0.2) is 66.7 Å². The molecule has 1 heterocycles. The Balaban J connectivity index is 1.52. The number of methoxy groups -OCH3 is 1. The molecular weight excluding hydrogens is 386 g/mol. The van der Waals surface area contributed by atoms with Crippen LogP contribution < -0.4 is 15.0 Å². The zero-order valence-corrected chi connectivity index (χ0v) is 16.0. The molecular formula is C22H17N3O5. The van der Waals surface area contributed by atoms with Gasteiger partial charge in [0.15, 0.2) is 0 Å². The second kappa shape index (κ2) is 7.67. The van der Waals surface area contributed by atoms with Crippen molar-refractivity contribution in [1.82, 2.24) is 4.90 Å². The van der Waals surface area contributed by atoms with Crippen molar-refractivity contribution in [3.63, 3.8) is 0 Å². The van der Waals surface area contributed by atoms with E-state index < -0.39 is 30.3 Å². The molecule has 0 radical (unpaired) electrons. The fourth-order valence-corrected chi connectivity index (χ4v) is 3.27. The van der Waals surface area contributed by atoms with Gasteiger partial charge in [-0.15, -0.1) is 0 Å². The molecule has 1 saturated heterocycles. The third-order valence-corrected chi connectivity index (χ3v) is 4.75. The Morgan fingerprint density at radius 2 is 1.60 bits per heavy atom. The molecule has 1 aliphatic rings. The number of urea groups is 1. The summed E-state index contributed by atoms with van der Waals surface area (Å²) in [4.78, 5) is 51.3. The summed E-state index contributed by atoms with van der Waals surface area (Å²) in [7, 11) is 1.49. The first-order chi connectivity index (χ1) is 14.5. The summed E-state index contributed by atoms with van der Waals surface area (Å²) < 4.78 is 5.05. The molecule has 1 aliphatic heterocycles. The van der Waals surface area contributed by atoms with Gasteiger partial charge in [0.05, 0.1) is 12.8 Å². The molecule has 0 saturated carbocycles. The molecule has 0 atom stereocenters. The first kappa shape index (κ1) is 19.1. The van der Waals surface area contributed by atoms with E-state index in [1.54, 1.807) is 24.3 Å². The van der Waals surface area contributed by atoms with Crippen molar-refractivity contribution in [3.05, 3.63) is 66.7 Å². The molecule has 0 spiro atoms. The maximum absolute atomic E-state index is 12.7. The average Bonchev–Trinajstić information content (AvgIpc) is 2.97. The lowest BCUT2D eigenvalue weighted by molar-refractivity contribution is -0.140. The van der Waals surface area contributed by atoms with Gasteiger partial charge in [0.2, 0.25) is 5.91 Å². The lowest BCUT2D eigenvalue weighted by Gasteiger charge is -2.16. The van der Waals surface area contributed by atoms with Crippen LogP contribution in [0.25, 0.3) is 10.8 Å². The molecule has 0 bridgehead atoms. The highest BCUT2D eigenvalue weighted by Gasteiger charge is 2.46. The maximum Gasteiger partial charge on any atom is 0.339 e. The second-order valence-corrected chi connectivity index (χ2v) is 6.59. The smallest absolute Gasteiger partial charge is 0.339 e. The highest BCUT2D eigenvalue weighted by atomic mass is 16.5. The fraction of sp³-hybridized carbons (Fsp3) is 0.0909. The summed E-state index contributed by atoms with van der Waals surface area (Å²) in [5.41, 5.74) is 0.770. The number of carbonyl (C=O) groups excluding carboxylic acids is 4. The number of benzene rings is 3. The van der Waals surface area contributed by atoms with E-state index in [0.29, 0.717) is 16.3 Å². The van der Waals surface area contributed by atoms with Gasteiger partial charge in [-0.1, -0.05) is 36.4 Å². The fourth-order valence-electron chi connectivity index (χ4n) is 3.27. The van der Waals surface area contributed by atoms with E-state index >= 15 is 0 Å². The Morgan fingerprint density at radius 3 is 2.33 bits per heavy atom. The third-order valence-electron chi connectivity index (χ3n) is 4.75. The zero-order valence-electron chi connectivity index (χ0n) is 16.0. The summed E-state index contributed by atoms with van der Waals surface area (Å²) in [6, 6.07) is 18.1. The number of anilines is 2. The van der Waals surface area contributed by atoms with Crippen molar-refractivity contribution in [2.75, 3.05) is 23.9 Å². The number of ether oxygens (including phenoxy) is 1. The number of nitrogens with one attached hydrogen (secondary N) is 1. The summed E-state index contributed by atoms with van der Waals surface area (Å²) in [5, 5.41) is 4.46. The predicted octanol–water partition coefficient (Wildman–Crippen LogP) is 2.78. The molecule has 1 N–H and O–H groups in total. The number of carbonyl (C=O) groups is 4. The van der Waals surface area contributed by atoms with E-state index in [1.165, 1.54) is 19.2 Å². The van der Waals surface area contributed by atoms with Gasteiger partial charge in [-0.3, -0.25) is 14.4 Å². The van der Waals surface area contributed by atoms with Crippen molar-refractivity contribution < 1.29 is 23.9 Å². The number of imide groups is 2. The molecule has 4 rings (SSSR count). The van der Waals surface area contributed by atoms with E-state index in [4.69, 9.17) is 4.74 Å². The van der Waals surface area contributed by atoms with E-state index in [0.717, 1.165) is 15.7 Å². The Morgan fingerprint density at radius 1 is 0.900 bits per heavy atom. The standard InChI is InChI=1S/C22H17N3O5/c1-30-16-11-9-15(10-12-16)25-21(28)20(27)24(22(25)29)13-19(26)23-18-8-4-6-14-5-2-3-7-17(14)18/h2-12H,13H2,1H3,(H,23,26). The first-order valence-electron chi connectivity index (χ1n) is 9.11. The third kappa shape index (κ3) is 3.35. The molecule has 5 amide bonds. The average molecular weight is 403 g/mol. The van der Waals surface area contributed by atoms with Crippen molar-refractivity contribution in [2.24, 2.45) is 0 Å². The quantitative estimate of drug-likeness (QED) is 0.522. The number of nitrogens with zero attached hydrogens (tertiary/aromatic N) is 2. The van der Waals surface area contributed by atoms with Crippen molar-refractivity contribution in [2.45, 2.75) is 0 Å². The molecule has 3 aromatic rings. The van der Waals surface area contributed by atoms with Crippen LogP contribution in [0.1, 0.15) is 0 Å². The number of amides is 5. The van der Waals surface area contributed by atoms with E-state index in [9.17, 15) is 19.2 Å². The number of fused-ring (bicyclic) bond motifs is 1. The number of hydrogen-bond donors (Lipinski definition) is 1. The monoisotopic (exact) mass is 403 g/mol. The first-order valence-corrected chi connectivity index (χ1v) is 9.11. The van der Waals surface area contributed by atoms with Gasteiger partial charge in [-0.2, -0.15) is 0 Å². The minimum Gasteiger partial charge on any atom is -0.497 e. The normalized spacial score (nSPS) is 13.8. The largest absolute Gasteiger partial charge is 0.497 e. The van der Waals surface area contributed by atoms with Crippen LogP contribution in [-0.2, 0) is 14.4 Å². The molecule has 8 nitrogen and oxygen atoms in total. The van der Waals surface area contributed by atoms with Crippen LogP contribution in [0, 0.1) is 0 Å². The number of rotatable bonds is 5. The van der Waals surface area contributed by atoms with Crippen molar-refractivity contribution >= 4 is 45.9 Å². The highest BCUT2D eigenvalue weighted by Crippen LogP contribution is 2.25. The SMILES string of the molecule is COc1ccc(N2C(=O)C(=O)N(CC(=O)Nc3cccc4ccccc34)C2=O)cc1. The zero-order chi connectivity index (χ0) is 21.3. The number of hydrogen-bond acceptors (Lipinski definition) is 5. The molecule has 1 fully saturated rings. The van der Waals surface area contributed by atoms with Crippen LogP contribution in [-0.4, -0.2) is 42.3 Å². The molecule has 150 valence electrons. The van der Waals surface area contributed by atoms with Crippen LogP contribution in [0.3, 0.4) is 0 Å². The predicted molar refractivity (Wildman–Crippen MR) is 110 cm³/mol. The summed E-state index contributed by atoms with van der Waals surface area (Å²) in [6.07, 6.45) is 0. The lowest BCUT2D eigenvalue weighted by Crippen LogP contribution is -2.39. The van der Waals surface area contributed by atoms with E-state index in [2.05, 4.69) is 5.32 Å². The Labute approximate surface area is 171 Å².